The second-order valence-electron chi connectivity index (χ2n) is 8.44. The maximum absolute atomic E-state index is 13.2. The molecule has 1 saturated carbocycles. The van der Waals surface area contributed by atoms with E-state index in [4.69, 9.17) is 9.47 Å². The fourth-order valence-electron chi connectivity index (χ4n) is 4.35. The van der Waals surface area contributed by atoms with Gasteiger partial charge in [-0.1, -0.05) is 24.3 Å². The minimum atomic E-state index is -0.485. The predicted octanol–water partition coefficient (Wildman–Crippen LogP) is 5.83. The van der Waals surface area contributed by atoms with Crippen LogP contribution in [0, 0.1) is 13.8 Å². The molecule has 4 rings (SSSR count). The molecule has 6 nitrogen and oxygen atoms in total. The molecule has 0 spiro atoms. The third kappa shape index (κ3) is 4.63. The number of carbonyl (C=O) groups is 1. The molecule has 1 aromatic heterocycles. The molecule has 33 heavy (non-hydrogen) atoms. The fourth-order valence-corrected chi connectivity index (χ4v) is 4.35. The van der Waals surface area contributed by atoms with Crippen LogP contribution in [0.25, 0.3) is 11.1 Å². The zero-order valence-electron chi connectivity index (χ0n) is 19.9. The molecule has 1 aliphatic carbocycles. The van der Waals surface area contributed by atoms with E-state index in [0.717, 1.165) is 52.0 Å². The number of nitrogens with one attached hydrogen (secondary N) is 2. The van der Waals surface area contributed by atoms with Crippen LogP contribution in [0.5, 0.6) is 0 Å². The summed E-state index contributed by atoms with van der Waals surface area (Å²) in [7, 11) is 5.13. The summed E-state index contributed by atoms with van der Waals surface area (Å²) < 4.78 is 10.9. The lowest BCUT2D eigenvalue weighted by Crippen LogP contribution is -2.16. The number of pyridine rings is 1. The molecule has 0 aliphatic heterocycles. The quantitative estimate of drug-likeness (QED) is 0.427. The Morgan fingerprint density at radius 1 is 1.00 bits per heavy atom. The van der Waals surface area contributed by atoms with Gasteiger partial charge in [0.2, 0.25) is 0 Å². The van der Waals surface area contributed by atoms with Gasteiger partial charge in [0.15, 0.2) is 6.29 Å². The molecule has 0 unspecified atom stereocenters. The average molecular weight is 446 g/mol. The highest BCUT2D eigenvalue weighted by Crippen LogP contribution is 2.43. The Bertz CT molecular complexity index is 1170. The number of ether oxygens (including phenoxy) is 2. The number of nitrogens with zero attached hydrogens (tertiary/aromatic N) is 1. The third-order valence-electron chi connectivity index (χ3n) is 6.38. The van der Waals surface area contributed by atoms with Gasteiger partial charge < -0.3 is 20.1 Å². The first-order chi connectivity index (χ1) is 16.0. The van der Waals surface area contributed by atoms with Gasteiger partial charge in [0.25, 0.3) is 5.91 Å². The number of aromatic nitrogens is 1. The molecule has 2 aromatic carbocycles. The summed E-state index contributed by atoms with van der Waals surface area (Å²) in [6.07, 6.45) is 3.42. The summed E-state index contributed by atoms with van der Waals surface area (Å²) in [5, 5.41) is 6.31. The summed E-state index contributed by atoms with van der Waals surface area (Å²) in [4.78, 5) is 17.6. The molecule has 1 amide bonds. The number of anilines is 2. The van der Waals surface area contributed by atoms with E-state index >= 15 is 0 Å². The molecule has 6 heteroatoms. The van der Waals surface area contributed by atoms with Crippen LogP contribution < -0.4 is 10.6 Å². The number of hydrogen-bond donors (Lipinski definition) is 2. The normalized spacial score (nSPS) is 13.3. The zero-order valence-corrected chi connectivity index (χ0v) is 19.9. The van der Waals surface area contributed by atoms with E-state index in [9.17, 15) is 4.79 Å². The van der Waals surface area contributed by atoms with Gasteiger partial charge in [-0.3, -0.25) is 9.78 Å². The summed E-state index contributed by atoms with van der Waals surface area (Å²) in [6, 6.07) is 14.1. The number of benzene rings is 2. The van der Waals surface area contributed by atoms with Crippen molar-refractivity contribution in [3.05, 3.63) is 76.6 Å². The highest BCUT2D eigenvalue weighted by molar-refractivity contribution is 6.04. The van der Waals surface area contributed by atoms with Crippen molar-refractivity contribution in [2.75, 3.05) is 31.9 Å². The van der Waals surface area contributed by atoms with Crippen molar-refractivity contribution in [2.45, 2.75) is 38.9 Å². The maximum Gasteiger partial charge on any atom is 0.274 e. The molecule has 0 radical (unpaired) electrons. The number of rotatable bonds is 8. The van der Waals surface area contributed by atoms with E-state index in [1.807, 2.05) is 38.2 Å². The Balaban J connectivity index is 1.64. The van der Waals surface area contributed by atoms with Crippen LogP contribution in [0.3, 0.4) is 0 Å². The first-order valence-electron chi connectivity index (χ1n) is 11.2. The molecule has 1 heterocycles. The van der Waals surface area contributed by atoms with Crippen molar-refractivity contribution >= 4 is 17.3 Å². The molecule has 0 atom stereocenters. The van der Waals surface area contributed by atoms with Crippen LogP contribution in [0.1, 0.15) is 57.8 Å². The Labute approximate surface area is 195 Å². The standard InChI is InChI=1S/C27H31N3O3/c1-16-19(8-6-10-23(16)28-3)20-9-7-11-24(17(20)2)30-26(31)25-14-21(18-12-13-18)22(15-29-25)27(32-4)33-5/h6-11,14-15,18,27-28H,12-13H2,1-5H3,(H,30,31). The number of carbonyl (C=O) groups excluding carboxylic acids is 1. The minimum absolute atomic E-state index is 0.226. The van der Waals surface area contributed by atoms with Crippen LogP contribution in [-0.2, 0) is 9.47 Å². The summed E-state index contributed by atoms with van der Waals surface area (Å²) in [5.74, 6) is 0.200. The second-order valence-corrected chi connectivity index (χ2v) is 8.44. The smallest absolute Gasteiger partial charge is 0.274 e. The van der Waals surface area contributed by atoms with Gasteiger partial charge >= 0.3 is 0 Å². The first-order valence-corrected chi connectivity index (χ1v) is 11.2. The minimum Gasteiger partial charge on any atom is -0.388 e. The predicted molar refractivity (Wildman–Crippen MR) is 132 cm³/mol. The molecule has 1 fully saturated rings. The fraction of sp³-hybridized carbons (Fsp3) is 0.333. The molecular weight excluding hydrogens is 414 g/mol. The lowest BCUT2D eigenvalue weighted by molar-refractivity contribution is -0.106. The van der Waals surface area contributed by atoms with Gasteiger partial charge in [-0.25, -0.2) is 0 Å². The summed E-state index contributed by atoms with van der Waals surface area (Å²) in [6.45, 7) is 4.13. The molecule has 1 aliphatic rings. The van der Waals surface area contributed by atoms with Gasteiger partial charge in [-0.2, -0.15) is 0 Å². The van der Waals surface area contributed by atoms with E-state index in [0.29, 0.717) is 11.6 Å². The third-order valence-corrected chi connectivity index (χ3v) is 6.38. The Morgan fingerprint density at radius 2 is 1.61 bits per heavy atom. The van der Waals surface area contributed by atoms with Gasteiger partial charge in [0.1, 0.15) is 5.69 Å². The summed E-state index contributed by atoms with van der Waals surface area (Å²) >= 11 is 0. The molecule has 172 valence electrons. The molecule has 0 saturated heterocycles. The Morgan fingerprint density at radius 3 is 2.18 bits per heavy atom. The number of methoxy groups -OCH3 is 2. The Kier molecular flexibility index (Phi) is 6.77. The van der Waals surface area contributed by atoms with Crippen LogP contribution in [-0.4, -0.2) is 32.2 Å². The average Bonchev–Trinajstić information content (AvgIpc) is 3.67. The van der Waals surface area contributed by atoms with Crippen LogP contribution in [0.2, 0.25) is 0 Å². The van der Waals surface area contributed by atoms with E-state index in [1.54, 1.807) is 20.4 Å². The van der Waals surface area contributed by atoms with Crippen LogP contribution in [0.15, 0.2) is 48.7 Å². The highest BCUT2D eigenvalue weighted by Gasteiger charge is 2.30. The van der Waals surface area contributed by atoms with Gasteiger partial charge in [0.05, 0.1) is 0 Å². The van der Waals surface area contributed by atoms with E-state index in [2.05, 4.69) is 40.7 Å². The van der Waals surface area contributed by atoms with Crippen LogP contribution >= 0.6 is 0 Å². The van der Waals surface area contributed by atoms with Crippen LogP contribution in [0.4, 0.5) is 11.4 Å². The number of hydrogen-bond acceptors (Lipinski definition) is 5. The number of amides is 1. The van der Waals surface area contributed by atoms with E-state index in [-0.39, 0.29) is 5.91 Å². The van der Waals surface area contributed by atoms with E-state index < -0.39 is 6.29 Å². The summed E-state index contributed by atoms with van der Waals surface area (Å²) in [5.41, 5.74) is 8.63. The molecule has 0 bridgehead atoms. The van der Waals surface area contributed by atoms with Crippen molar-refractivity contribution in [1.29, 1.82) is 0 Å². The van der Waals surface area contributed by atoms with Crippen molar-refractivity contribution in [3.63, 3.8) is 0 Å². The monoisotopic (exact) mass is 445 g/mol. The first kappa shape index (κ1) is 23.0. The Hall–Kier alpha value is -3.22. The molecular formula is C27H31N3O3. The van der Waals surface area contributed by atoms with E-state index in [1.165, 1.54) is 5.56 Å². The lowest BCUT2D eigenvalue weighted by atomic mass is 9.94. The second kappa shape index (κ2) is 9.73. The SMILES string of the molecule is CNc1cccc(-c2cccc(NC(=O)c3cc(C4CC4)c(C(OC)OC)cn3)c2C)c1C. The van der Waals surface area contributed by atoms with Crippen molar-refractivity contribution < 1.29 is 14.3 Å². The highest BCUT2D eigenvalue weighted by atomic mass is 16.7. The van der Waals surface area contributed by atoms with Crippen molar-refractivity contribution in [1.82, 2.24) is 4.98 Å². The lowest BCUT2D eigenvalue weighted by Gasteiger charge is -2.18. The van der Waals surface area contributed by atoms with Gasteiger partial charge in [-0.15, -0.1) is 0 Å². The maximum atomic E-state index is 13.2. The van der Waals surface area contributed by atoms with Crippen molar-refractivity contribution in [2.24, 2.45) is 0 Å². The topological polar surface area (TPSA) is 72.5 Å². The van der Waals surface area contributed by atoms with Crippen molar-refractivity contribution in [3.8, 4) is 11.1 Å². The van der Waals surface area contributed by atoms with Gasteiger partial charge in [-0.05, 0) is 78.6 Å². The largest absolute Gasteiger partial charge is 0.388 e. The molecule has 3 aromatic rings. The zero-order chi connectivity index (χ0) is 23.5. The molecule has 2 N–H and O–H groups in total. The van der Waals surface area contributed by atoms with Gasteiger partial charge in [0, 0.05) is 44.4 Å².